The number of thiazole rings is 1. The molecule has 0 aliphatic rings. The Morgan fingerprint density at radius 1 is 1.10 bits per heavy atom. The number of fused-ring (bicyclic) bond motifs is 2. The highest BCUT2D eigenvalue weighted by molar-refractivity contribution is 7.19. The molecule has 0 radical (unpaired) electrons. The van der Waals surface area contributed by atoms with Crippen molar-refractivity contribution >= 4 is 43.9 Å². The van der Waals surface area contributed by atoms with Crippen LogP contribution in [0.25, 0.3) is 26.6 Å². The number of hydrogen-bond acceptors (Lipinski definition) is 7. The Labute approximate surface area is 167 Å². The minimum atomic E-state index is -1.30. The van der Waals surface area contributed by atoms with Gasteiger partial charge >= 0.3 is 5.97 Å². The molecule has 0 amide bonds. The molecule has 8 nitrogen and oxygen atoms in total. The molecule has 4 rings (SSSR count). The number of carboxylic acids is 1. The first-order valence-electron chi connectivity index (χ1n) is 8.41. The van der Waals surface area contributed by atoms with Crippen LogP contribution in [0, 0.1) is 11.3 Å². The average Bonchev–Trinajstić information content (AvgIpc) is 3.14. The molecular weight excluding hydrogens is 392 g/mol. The number of nitriles is 1. The summed E-state index contributed by atoms with van der Waals surface area (Å²) in [5, 5.41) is 34.1. The maximum Gasteiger partial charge on any atom is 0.357 e. The van der Waals surface area contributed by atoms with E-state index in [0.29, 0.717) is 10.5 Å². The molecule has 0 atom stereocenters. The van der Waals surface area contributed by atoms with Crippen molar-refractivity contribution in [3.63, 3.8) is 0 Å². The fourth-order valence-corrected chi connectivity index (χ4v) is 3.92. The van der Waals surface area contributed by atoms with Crippen molar-refractivity contribution in [2.45, 2.75) is 6.54 Å². The van der Waals surface area contributed by atoms with E-state index < -0.39 is 23.8 Å². The zero-order valence-electron chi connectivity index (χ0n) is 14.7. The number of rotatable bonds is 4. The lowest BCUT2D eigenvalue weighted by Crippen LogP contribution is -2.27. The van der Waals surface area contributed by atoms with Crippen molar-refractivity contribution in [1.29, 1.82) is 5.26 Å². The van der Waals surface area contributed by atoms with Gasteiger partial charge in [-0.05, 0) is 18.2 Å². The van der Waals surface area contributed by atoms with Gasteiger partial charge in [0.1, 0.15) is 29.0 Å². The van der Waals surface area contributed by atoms with Gasteiger partial charge in [0.2, 0.25) is 0 Å². The summed E-state index contributed by atoms with van der Waals surface area (Å²) in [6.07, 6.45) is 0. The van der Waals surface area contributed by atoms with Crippen molar-refractivity contribution in [3.05, 3.63) is 75.3 Å². The predicted molar refractivity (Wildman–Crippen MR) is 108 cm³/mol. The summed E-state index contributed by atoms with van der Waals surface area (Å²) in [6, 6.07) is 15.4. The molecule has 0 aliphatic heterocycles. The number of carboxylic acid groups (broad SMARTS) is 1. The van der Waals surface area contributed by atoms with Crippen LogP contribution in [-0.4, -0.2) is 30.9 Å². The van der Waals surface area contributed by atoms with E-state index in [1.807, 2.05) is 24.3 Å². The normalized spacial score (nSPS) is 12.0. The predicted octanol–water partition coefficient (Wildman–Crippen LogP) is 3.20. The maximum absolute atomic E-state index is 12.7. The van der Waals surface area contributed by atoms with Gasteiger partial charge in [-0.2, -0.15) is 10.4 Å². The van der Waals surface area contributed by atoms with Crippen LogP contribution in [0.2, 0.25) is 0 Å². The Hall–Kier alpha value is -4.03. The van der Waals surface area contributed by atoms with Gasteiger partial charge in [-0.1, -0.05) is 30.3 Å². The van der Waals surface area contributed by atoms with Gasteiger partial charge < -0.3 is 10.2 Å². The molecule has 0 fully saturated rings. The molecule has 0 aliphatic carbocycles. The highest BCUT2D eigenvalue weighted by Gasteiger charge is 2.19. The molecule has 0 saturated heterocycles. The molecule has 29 heavy (non-hydrogen) atoms. The molecule has 2 aromatic carbocycles. The average molecular weight is 404 g/mol. The van der Waals surface area contributed by atoms with Crippen molar-refractivity contribution in [1.82, 2.24) is 14.8 Å². The Morgan fingerprint density at radius 2 is 1.79 bits per heavy atom. The molecule has 142 valence electrons. The van der Waals surface area contributed by atoms with E-state index in [0.717, 1.165) is 9.38 Å². The van der Waals surface area contributed by atoms with Gasteiger partial charge in [0, 0.05) is 5.39 Å². The van der Waals surface area contributed by atoms with E-state index in [-0.39, 0.29) is 22.0 Å². The van der Waals surface area contributed by atoms with Crippen molar-refractivity contribution in [2.75, 3.05) is 0 Å². The zero-order chi connectivity index (χ0) is 20.5. The third-order valence-electron chi connectivity index (χ3n) is 4.28. The van der Waals surface area contributed by atoms with Crippen LogP contribution < -0.4 is 5.56 Å². The lowest BCUT2D eigenvalue weighted by atomic mass is 10.1. The largest absolute Gasteiger partial charge is 0.509 e. The SMILES string of the molecule is N#C/C(=C(/O)Cn1nc(C(=O)O)c2ccccc2c1=O)c1nc2ccccc2s1. The van der Waals surface area contributed by atoms with E-state index >= 15 is 0 Å². The smallest absolute Gasteiger partial charge is 0.357 e. The van der Waals surface area contributed by atoms with Crippen LogP contribution >= 0.6 is 11.3 Å². The number of carbonyl (C=O) groups is 1. The number of aliphatic hydroxyl groups is 1. The minimum absolute atomic E-state index is 0.0927. The summed E-state index contributed by atoms with van der Waals surface area (Å²) in [4.78, 5) is 28.6. The molecular formula is C20H12N4O4S. The number of allylic oxidation sites excluding steroid dienone is 2. The number of hydrogen-bond donors (Lipinski definition) is 2. The lowest BCUT2D eigenvalue weighted by molar-refractivity contribution is 0.0689. The van der Waals surface area contributed by atoms with Crippen molar-refractivity contribution < 1.29 is 15.0 Å². The second-order valence-electron chi connectivity index (χ2n) is 6.08. The highest BCUT2D eigenvalue weighted by atomic mass is 32.1. The number of nitrogens with zero attached hydrogens (tertiary/aromatic N) is 4. The van der Waals surface area contributed by atoms with Crippen molar-refractivity contribution in [2.24, 2.45) is 0 Å². The standard InChI is InChI=1S/C20H12N4O4S/c21-9-13(18-22-14-7-3-4-8-16(14)29-18)15(25)10-24-19(26)12-6-2-1-5-11(12)17(23-24)20(27)28/h1-8,25H,10H2,(H,27,28)/b15-13-. The fraction of sp³-hybridized carbons (Fsp3) is 0.0500. The number of aromatic carboxylic acids is 1. The van der Waals surface area contributed by atoms with Crippen LogP contribution in [0.15, 0.2) is 59.1 Å². The summed E-state index contributed by atoms with van der Waals surface area (Å²) in [6.45, 7) is -0.456. The topological polar surface area (TPSA) is 129 Å². The van der Waals surface area contributed by atoms with Gasteiger partial charge in [-0.3, -0.25) is 4.79 Å². The summed E-state index contributed by atoms with van der Waals surface area (Å²) in [5.41, 5.74) is -0.294. The second-order valence-corrected chi connectivity index (χ2v) is 7.11. The molecule has 2 N–H and O–H groups in total. The molecule has 9 heteroatoms. The Bertz CT molecular complexity index is 1380. The first-order chi connectivity index (χ1) is 14.0. The summed E-state index contributed by atoms with van der Waals surface area (Å²) in [7, 11) is 0. The fourth-order valence-electron chi connectivity index (χ4n) is 2.94. The van der Waals surface area contributed by atoms with E-state index in [4.69, 9.17) is 0 Å². The first-order valence-corrected chi connectivity index (χ1v) is 9.22. The van der Waals surface area contributed by atoms with E-state index in [9.17, 15) is 25.1 Å². The van der Waals surface area contributed by atoms with Crippen LogP contribution in [-0.2, 0) is 6.54 Å². The lowest BCUT2D eigenvalue weighted by Gasteiger charge is -2.09. The monoisotopic (exact) mass is 404 g/mol. The molecule has 2 aromatic heterocycles. The third kappa shape index (κ3) is 3.22. The quantitative estimate of drug-likeness (QED) is 0.395. The summed E-state index contributed by atoms with van der Waals surface area (Å²) >= 11 is 1.23. The molecule has 0 unspecified atom stereocenters. The minimum Gasteiger partial charge on any atom is -0.509 e. The zero-order valence-corrected chi connectivity index (χ0v) is 15.6. The van der Waals surface area contributed by atoms with Gasteiger partial charge in [0.15, 0.2) is 5.69 Å². The second kappa shape index (κ2) is 7.18. The Morgan fingerprint density at radius 3 is 2.48 bits per heavy atom. The van der Waals surface area contributed by atoms with Gasteiger partial charge in [-0.15, -0.1) is 11.3 Å². The van der Waals surface area contributed by atoms with Crippen LogP contribution in [0.3, 0.4) is 0 Å². The van der Waals surface area contributed by atoms with Gasteiger partial charge in [-0.25, -0.2) is 14.5 Å². The number of para-hydroxylation sites is 1. The summed E-state index contributed by atoms with van der Waals surface area (Å²) < 4.78 is 1.68. The Kier molecular flexibility index (Phi) is 4.54. The van der Waals surface area contributed by atoms with Gasteiger partial charge in [0.05, 0.1) is 15.6 Å². The maximum atomic E-state index is 12.7. The molecule has 0 bridgehead atoms. The third-order valence-corrected chi connectivity index (χ3v) is 5.33. The van der Waals surface area contributed by atoms with Crippen molar-refractivity contribution in [3.8, 4) is 6.07 Å². The molecule has 0 saturated carbocycles. The van der Waals surface area contributed by atoms with E-state index in [1.165, 1.54) is 23.5 Å². The van der Waals surface area contributed by atoms with Crippen LogP contribution in [0.4, 0.5) is 0 Å². The number of benzene rings is 2. The first kappa shape index (κ1) is 18.3. The van der Waals surface area contributed by atoms with E-state index in [2.05, 4.69) is 10.1 Å². The number of aromatic nitrogens is 3. The van der Waals surface area contributed by atoms with Crippen LogP contribution in [0.5, 0.6) is 0 Å². The van der Waals surface area contributed by atoms with E-state index in [1.54, 1.807) is 18.2 Å². The van der Waals surface area contributed by atoms with Gasteiger partial charge in [0.25, 0.3) is 5.56 Å². The van der Waals surface area contributed by atoms with Crippen LogP contribution in [0.1, 0.15) is 15.5 Å². The Balaban J connectivity index is 1.84. The number of aliphatic hydroxyl groups excluding tert-OH is 1. The molecule has 0 spiro atoms. The molecule has 4 aromatic rings. The summed E-state index contributed by atoms with van der Waals surface area (Å²) in [5.74, 6) is -1.72. The highest BCUT2D eigenvalue weighted by Crippen LogP contribution is 2.28. The molecule has 2 heterocycles.